The lowest BCUT2D eigenvalue weighted by atomic mass is 10.2. The lowest BCUT2D eigenvalue weighted by Gasteiger charge is -2.02. The Bertz CT molecular complexity index is 712. The van der Waals surface area contributed by atoms with Crippen molar-refractivity contribution in [2.24, 2.45) is 0 Å². The molecule has 0 radical (unpaired) electrons. The molecule has 1 aromatic carbocycles. The molecule has 3 aromatic rings. The monoisotopic (exact) mass is 241 g/mol. The highest BCUT2D eigenvalue weighted by Gasteiger charge is 2.10. The van der Waals surface area contributed by atoms with E-state index in [0.717, 1.165) is 10.9 Å². The number of nitrogens with zero attached hydrogens (tertiary/aromatic N) is 1. The number of aromatic amines is 1. The molecule has 2 aromatic heterocycles. The van der Waals surface area contributed by atoms with Gasteiger partial charge in [-0.05, 0) is 37.3 Å². The Labute approximate surface area is 103 Å². The Morgan fingerprint density at radius 1 is 1.33 bits per heavy atom. The Kier molecular flexibility index (Phi) is 2.37. The van der Waals surface area contributed by atoms with Gasteiger partial charge in [-0.1, -0.05) is 0 Å². The molecule has 0 spiro atoms. The molecule has 0 unspecified atom stereocenters. The summed E-state index contributed by atoms with van der Waals surface area (Å²) in [5.74, 6) is 0.753. The van der Waals surface area contributed by atoms with Crippen LogP contribution in [0.2, 0.25) is 0 Å². The molecular weight excluding hydrogens is 230 g/mol. The number of rotatable bonds is 2. The third kappa shape index (κ3) is 1.86. The van der Waals surface area contributed by atoms with Gasteiger partial charge in [0.2, 0.25) is 0 Å². The molecule has 0 saturated carbocycles. The summed E-state index contributed by atoms with van der Waals surface area (Å²) < 4.78 is 5.26. The molecule has 1 amide bonds. The number of aryl methyl sites for hydroxylation is 1. The van der Waals surface area contributed by atoms with Crippen LogP contribution >= 0.6 is 0 Å². The van der Waals surface area contributed by atoms with Crippen LogP contribution in [0.3, 0.4) is 0 Å². The second-order valence-corrected chi connectivity index (χ2v) is 4.04. The van der Waals surface area contributed by atoms with Gasteiger partial charge in [0, 0.05) is 11.1 Å². The van der Waals surface area contributed by atoms with Gasteiger partial charge >= 0.3 is 0 Å². The van der Waals surface area contributed by atoms with Crippen LogP contribution in [0.4, 0.5) is 5.69 Å². The number of nitrogens with one attached hydrogen (secondary N) is 2. The second kappa shape index (κ2) is 4.03. The highest BCUT2D eigenvalue weighted by Crippen LogP contribution is 2.17. The predicted molar refractivity (Wildman–Crippen MR) is 67.5 cm³/mol. The van der Waals surface area contributed by atoms with Gasteiger partial charge in [0.15, 0.2) is 5.76 Å². The van der Waals surface area contributed by atoms with Crippen LogP contribution in [0.5, 0.6) is 0 Å². The first-order valence-corrected chi connectivity index (χ1v) is 5.53. The Balaban J connectivity index is 1.85. The topological polar surface area (TPSA) is 70.9 Å². The first-order valence-electron chi connectivity index (χ1n) is 5.53. The largest absolute Gasteiger partial charge is 0.456 e. The minimum Gasteiger partial charge on any atom is -0.456 e. The highest BCUT2D eigenvalue weighted by atomic mass is 16.3. The number of anilines is 1. The SMILES string of the molecule is Cc1ccc(C(=O)Nc2ccc3cn[nH]c3c2)o1. The van der Waals surface area contributed by atoms with Crippen molar-refractivity contribution in [2.75, 3.05) is 5.32 Å². The molecule has 5 heteroatoms. The Hall–Kier alpha value is -2.56. The fourth-order valence-corrected chi connectivity index (χ4v) is 1.76. The normalized spacial score (nSPS) is 10.7. The first kappa shape index (κ1) is 10.6. The van der Waals surface area contributed by atoms with Crippen molar-refractivity contribution in [2.45, 2.75) is 6.92 Å². The molecule has 0 aliphatic carbocycles. The maximum Gasteiger partial charge on any atom is 0.291 e. The number of amides is 1. The number of carbonyl (C=O) groups is 1. The summed E-state index contributed by atoms with van der Waals surface area (Å²) in [4.78, 5) is 11.9. The van der Waals surface area contributed by atoms with Crippen molar-refractivity contribution in [1.82, 2.24) is 10.2 Å². The van der Waals surface area contributed by atoms with Crippen LogP contribution < -0.4 is 5.32 Å². The van der Waals surface area contributed by atoms with Gasteiger partial charge in [0.05, 0.1) is 11.7 Å². The van der Waals surface area contributed by atoms with Crippen LogP contribution in [-0.4, -0.2) is 16.1 Å². The van der Waals surface area contributed by atoms with Crippen molar-refractivity contribution in [3.05, 3.63) is 48.0 Å². The van der Waals surface area contributed by atoms with Crippen molar-refractivity contribution < 1.29 is 9.21 Å². The molecule has 0 aliphatic heterocycles. The maximum absolute atomic E-state index is 11.9. The summed E-state index contributed by atoms with van der Waals surface area (Å²) in [5.41, 5.74) is 1.58. The summed E-state index contributed by atoms with van der Waals surface area (Å²) in [6, 6.07) is 8.95. The summed E-state index contributed by atoms with van der Waals surface area (Å²) in [6.45, 7) is 1.80. The van der Waals surface area contributed by atoms with Crippen LogP contribution in [-0.2, 0) is 0 Å². The molecule has 18 heavy (non-hydrogen) atoms. The number of furan rings is 1. The van der Waals surface area contributed by atoms with E-state index in [4.69, 9.17) is 4.42 Å². The zero-order chi connectivity index (χ0) is 12.5. The zero-order valence-electron chi connectivity index (χ0n) is 9.73. The number of H-pyrrole nitrogens is 1. The summed E-state index contributed by atoms with van der Waals surface area (Å²) in [6.07, 6.45) is 1.73. The Morgan fingerprint density at radius 3 is 3.00 bits per heavy atom. The minimum absolute atomic E-state index is 0.262. The smallest absolute Gasteiger partial charge is 0.291 e. The fraction of sp³-hybridized carbons (Fsp3) is 0.0769. The van der Waals surface area contributed by atoms with Gasteiger partial charge in [0.25, 0.3) is 5.91 Å². The summed E-state index contributed by atoms with van der Waals surface area (Å²) in [5, 5.41) is 10.6. The van der Waals surface area contributed by atoms with E-state index in [1.54, 1.807) is 25.3 Å². The fourth-order valence-electron chi connectivity index (χ4n) is 1.76. The molecule has 90 valence electrons. The zero-order valence-corrected chi connectivity index (χ0v) is 9.73. The standard InChI is InChI=1S/C13H11N3O2/c1-8-2-5-12(18-8)13(17)15-10-4-3-9-7-14-16-11(9)6-10/h2-7H,1H3,(H,14,16)(H,15,17). The minimum atomic E-state index is -0.262. The maximum atomic E-state index is 11.9. The van der Waals surface area contributed by atoms with Gasteiger partial charge in [-0.25, -0.2) is 0 Å². The van der Waals surface area contributed by atoms with E-state index in [1.165, 1.54) is 0 Å². The number of hydrogen-bond donors (Lipinski definition) is 2. The lowest BCUT2D eigenvalue weighted by Crippen LogP contribution is -2.10. The number of carbonyl (C=O) groups excluding carboxylic acids is 1. The molecule has 5 nitrogen and oxygen atoms in total. The van der Waals surface area contributed by atoms with Gasteiger partial charge < -0.3 is 9.73 Å². The van der Waals surface area contributed by atoms with E-state index in [9.17, 15) is 4.79 Å². The third-order valence-corrected chi connectivity index (χ3v) is 2.66. The van der Waals surface area contributed by atoms with Crippen LogP contribution in [0.15, 0.2) is 40.9 Å². The predicted octanol–water partition coefficient (Wildman–Crippen LogP) is 2.72. The van der Waals surface area contributed by atoms with Crippen LogP contribution in [0.25, 0.3) is 10.9 Å². The molecule has 2 heterocycles. The van der Waals surface area contributed by atoms with E-state index in [0.29, 0.717) is 17.2 Å². The summed E-state index contributed by atoms with van der Waals surface area (Å²) >= 11 is 0. The van der Waals surface area contributed by atoms with Crippen LogP contribution in [0.1, 0.15) is 16.3 Å². The van der Waals surface area contributed by atoms with E-state index in [2.05, 4.69) is 15.5 Å². The molecule has 0 atom stereocenters. The highest BCUT2D eigenvalue weighted by molar-refractivity contribution is 6.03. The lowest BCUT2D eigenvalue weighted by molar-refractivity contribution is 0.0995. The Morgan fingerprint density at radius 2 is 2.22 bits per heavy atom. The number of hydrogen-bond acceptors (Lipinski definition) is 3. The number of aromatic nitrogens is 2. The van der Waals surface area contributed by atoms with Gasteiger partial charge in [-0.15, -0.1) is 0 Å². The number of fused-ring (bicyclic) bond motifs is 1. The molecule has 0 fully saturated rings. The summed E-state index contributed by atoms with van der Waals surface area (Å²) in [7, 11) is 0. The first-order chi connectivity index (χ1) is 8.72. The van der Waals surface area contributed by atoms with E-state index >= 15 is 0 Å². The molecule has 0 saturated heterocycles. The molecule has 3 rings (SSSR count). The van der Waals surface area contributed by atoms with E-state index in [-0.39, 0.29) is 5.91 Å². The van der Waals surface area contributed by atoms with Crippen molar-refractivity contribution >= 4 is 22.5 Å². The van der Waals surface area contributed by atoms with E-state index < -0.39 is 0 Å². The molecule has 0 bridgehead atoms. The van der Waals surface area contributed by atoms with Gasteiger partial charge in [-0.2, -0.15) is 5.10 Å². The average molecular weight is 241 g/mol. The second-order valence-electron chi connectivity index (χ2n) is 4.04. The van der Waals surface area contributed by atoms with Gasteiger partial charge in [0.1, 0.15) is 5.76 Å². The molecule has 2 N–H and O–H groups in total. The average Bonchev–Trinajstić information content (AvgIpc) is 2.96. The van der Waals surface area contributed by atoms with Crippen LogP contribution in [0, 0.1) is 6.92 Å². The van der Waals surface area contributed by atoms with Gasteiger partial charge in [-0.3, -0.25) is 9.89 Å². The van der Waals surface area contributed by atoms with Crippen molar-refractivity contribution in [1.29, 1.82) is 0 Å². The third-order valence-electron chi connectivity index (χ3n) is 2.66. The van der Waals surface area contributed by atoms with E-state index in [1.807, 2.05) is 18.2 Å². The number of benzene rings is 1. The molecule has 0 aliphatic rings. The quantitative estimate of drug-likeness (QED) is 0.724. The van der Waals surface area contributed by atoms with Crippen molar-refractivity contribution in [3.63, 3.8) is 0 Å². The van der Waals surface area contributed by atoms with Crippen molar-refractivity contribution in [3.8, 4) is 0 Å². The molecular formula is C13H11N3O2.